The number of aromatic nitrogens is 1. The molecule has 0 spiro atoms. The number of aromatic amines is 1. The van der Waals surface area contributed by atoms with Gasteiger partial charge in [0.1, 0.15) is 34.7 Å². The van der Waals surface area contributed by atoms with Crippen molar-refractivity contribution in [1.82, 2.24) is 10.3 Å². The molecule has 3 atom stereocenters. The van der Waals surface area contributed by atoms with Gasteiger partial charge >= 0.3 is 5.97 Å². The van der Waals surface area contributed by atoms with Crippen molar-refractivity contribution in [1.29, 1.82) is 0 Å². The van der Waals surface area contributed by atoms with Crippen molar-refractivity contribution in [2.75, 3.05) is 32.9 Å². The van der Waals surface area contributed by atoms with Crippen LogP contribution in [-0.2, 0) is 32.1 Å². The highest BCUT2D eigenvalue weighted by Gasteiger charge is 2.48. The van der Waals surface area contributed by atoms with Gasteiger partial charge in [0.05, 0.1) is 36.5 Å². The van der Waals surface area contributed by atoms with Crippen LogP contribution in [0.25, 0.3) is 16.5 Å². The fourth-order valence-corrected chi connectivity index (χ4v) is 8.33. The molecule has 5 N–H and O–H groups in total. The number of aldehydes is 1. The summed E-state index contributed by atoms with van der Waals surface area (Å²) in [5, 5.41) is 37.0. The Morgan fingerprint density at radius 1 is 1.12 bits per heavy atom. The van der Waals surface area contributed by atoms with Gasteiger partial charge in [-0.2, -0.15) is 0 Å². The minimum Gasteiger partial charge on any atom is -0.492 e. The standard InChI is InChI=1S/C40H46N2O10/c1-3-49-39(47)38-28(20-44)33(24-6-8-31(46)26(18-24)22-5-7-30-23(17-22)9-14-42-30)34-36(50-16-4-15-43)27-19-32(40(2,48)25-10-12-41-13-11-25)51-35(27)29(21-45)37(34)52-38/h5,7,9,14,17,20,25-26,32,41-43,45,48H,3-4,6,8,10-13,15-16,18-19,21H2,1-2H3. The lowest BCUT2D eigenvalue weighted by molar-refractivity contribution is -0.141. The molecular formula is C40H46N2O10. The zero-order valence-corrected chi connectivity index (χ0v) is 29.6. The molecule has 52 heavy (non-hydrogen) atoms. The predicted octanol–water partition coefficient (Wildman–Crippen LogP) is 4.17. The van der Waals surface area contributed by atoms with Crippen LogP contribution >= 0.6 is 0 Å². The van der Waals surface area contributed by atoms with E-state index in [0.29, 0.717) is 41.6 Å². The maximum Gasteiger partial charge on any atom is 0.375 e. The van der Waals surface area contributed by atoms with Gasteiger partial charge in [-0.3, -0.25) is 9.59 Å². The Labute approximate surface area is 301 Å². The molecule has 4 heterocycles. The summed E-state index contributed by atoms with van der Waals surface area (Å²) in [5.74, 6) is -0.983. The second-order valence-electron chi connectivity index (χ2n) is 14.2. The van der Waals surface area contributed by atoms with Gasteiger partial charge in [-0.25, -0.2) is 4.79 Å². The average molecular weight is 715 g/mol. The van der Waals surface area contributed by atoms with Crippen molar-refractivity contribution in [2.45, 2.75) is 83.0 Å². The van der Waals surface area contributed by atoms with Crippen LogP contribution in [0.5, 0.6) is 17.2 Å². The van der Waals surface area contributed by atoms with Crippen LogP contribution in [-0.4, -0.2) is 83.0 Å². The summed E-state index contributed by atoms with van der Waals surface area (Å²) in [6.07, 6.45) is 4.57. The van der Waals surface area contributed by atoms with Gasteiger partial charge in [0, 0.05) is 54.6 Å². The largest absolute Gasteiger partial charge is 0.492 e. The Morgan fingerprint density at radius 2 is 1.92 bits per heavy atom. The van der Waals surface area contributed by atoms with E-state index in [2.05, 4.69) is 10.3 Å². The van der Waals surface area contributed by atoms with Gasteiger partial charge in [0.2, 0.25) is 5.76 Å². The molecule has 0 amide bonds. The fourth-order valence-electron chi connectivity index (χ4n) is 8.33. The first kappa shape index (κ1) is 35.9. The number of hydrogen-bond acceptors (Lipinski definition) is 11. The average Bonchev–Trinajstić information content (AvgIpc) is 3.83. The minimum atomic E-state index is -1.24. The number of aliphatic hydroxyl groups excluding tert-OH is 2. The van der Waals surface area contributed by atoms with Crippen molar-refractivity contribution in [2.24, 2.45) is 5.92 Å². The van der Waals surface area contributed by atoms with Crippen molar-refractivity contribution in [3.8, 4) is 17.2 Å². The predicted molar refractivity (Wildman–Crippen MR) is 191 cm³/mol. The summed E-state index contributed by atoms with van der Waals surface area (Å²) in [4.78, 5) is 43.4. The van der Waals surface area contributed by atoms with E-state index in [1.165, 1.54) is 0 Å². The van der Waals surface area contributed by atoms with Crippen molar-refractivity contribution >= 4 is 34.5 Å². The van der Waals surface area contributed by atoms with E-state index in [1.54, 1.807) is 13.8 Å². The maximum atomic E-state index is 13.6. The molecule has 2 aromatic carbocycles. The Hall–Kier alpha value is -4.49. The molecule has 276 valence electrons. The number of hydrogen-bond donors (Lipinski definition) is 5. The zero-order chi connectivity index (χ0) is 36.6. The second-order valence-corrected chi connectivity index (χ2v) is 14.2. The number of benzene rings is 2. The number of Topliss-reactive ketones (excluding diaryl/α,β-unsaturated/α-hetero) is 1. The lowest BCUT2D eigenvalue weighted by Crippen LogP contribution is -2.51. The molecule has 1 aliphatic carbocycles. The van der Waals surface area contributed by atoms with Crippen molar-refractivity contribution < 1.29 is 48.7 Å². The van der Waals surface area contributed by atoms with E-state index in [1.807, 2.05) is 30.5 Å². The van der Waals surface area contributed by atoms with E-state index in [9.17, 15) is 29.7 Å². The third kappa shape index (κ3) is 6.31. The van der Waals surface area contributed by atoms with Crippen molar-refractivity contribution in [3.63, 3.8) is 0 Å². The first-order chi connectivity index (χ1) is 25.2. The van der Waals surface area contributed by atoms with Gasteiger partial charge in [0.15, 0.2) is 6.29 Å². The van der Waals surface area contributed by atoms with E-state index in [-0.39, 0.29) is 79.2 Å². The number of fused-ring (bicyclic) bond motifs is 3. The Morgan fingerprint density at radius 3 is 2.65 bits per heavy atom. The third-order valence-corrected chi connectivity index (χ3v) is 11.1. The monoisotopic (exact) mass is 714 g/mol. The fraction of sp³-hybridized carbons (Fsp3) is 0.475. The molecule has 1 saturated heterocycles. The van der Waals surface area contributed by atoms with Crippen LogP contribution in [0.3, 0.4) is 0 Å². The van der Waals surface area contributed by atoms with Gasteiger partial charge in [-0.1, -0.05) is 11.6 Å². The first-order valence-corrected chi connectivity index (χ1v) is 18.2. The van der Waals surface area contributed by atoms with E-state index >= 15 is 0 Å². The highest BCUT2D eigenvalue weighted by atomic mass is 16.6. The van der Waals surface area contributed by atoms with Crippen LogP contribution < -0.4 is 19.5 Å². The van der Waals surface area contributed by atoms with Crippen molar-refractivity contribution in [3.05, 3.63) is 69.6 Å². The Bertz CT molecular complexity index is 1950. The van der Waals surface area contributed by atoms with Crippen LogP contribution in [0, 0.1) is 5.92 Å². The number of carbonyl (C=O) groups excluding carboxylic acids is 3. The summed E-state index contributed by atoms with van der Waals surface area (Å²) < 4.78 is 24.7. The number of H-pyrrole nitrogens is 1. The molecule has 1 aromatic heterocycles. The second kappa shape index (κ2) is 14.9. The summed E-state index contributed by atoms with van der Waals surface area (Å²) in [6, 6.07) is 7.81. The van der Waals surface area contributed by atoms with Gasteiger partial charge in [-0.05, 0) is 87.7 Å². The molecule has 2 fully saturated rings. The smallest absolute Gasteiger partial charge is 0.375 e. The molecule has 0 bridgehead atoms. The third-order valence-electron chi connectivity index (χ3n) is 11.1. The zero-order valence-electron chi connectivity index (χ0n) is 29.6. The Kier molecular flexibility index (Phi) is 10.3. The number of carbonyl (C=O) groups is 3. The summed E-state index contributed by atoms with van der Waals surface area (Å²) in [7, 11) is 0. The van der Waals surface area contributed by atoms with Gasteiger partial charge < -0.3 is 44.6 Å². The normalized spacial score (nSPS) is 23.1. The number of esters is 1. The first-order valence-electron chi connectivity index (χ1n) is 18.2. The molecule has 4 aliphatic rings. The number of aliphatic hydroxyl groups is 3. The SMILES string of the molecule is CCOC(=O)C1=C(C=O)C(=C2CCC(=O)C(c3ccc4[nH]ccc4c3)C2)c2c(OCCCO)c3c(c(CO)c2O1)OC(C(C)(O)C1CCNCC1)C3. The lowest BCUT2D eigenvalue weighted by Gasteiger charge is -2.39. The van der Waals surface area contributed by atoms with Crippen LogP contribution in [0.1, 0.15) is 80.5 Å². The summed E-state index contributed by atoms with van der Waals surface area (Å²) >= 11 is 0. The molecular weight excluding hydrogens is 668 g/mol. The molecule has 3 unspecified atom stereocenters. The summed E-state index contributed by atoms with van der Waals surface area (Å²) in [5.41, 5.74) is 2.86. The number of nitrogens with one attached hydrogen (secondary N) is 2. The van der Waals surface area contributed by atoms with E-state index in [4.69, 9.17) is 18.9 Å². The van der Waals surface area contributed by atoms with Gasteiger partial charge in [0.25, 0.3) is 0 Å². The van der Waals surface area contributed by atoms with E-state index in [0.717, 1.165) is 48.0 Å². The number of ether oxygens (including phenoxy) is 4. The topological polar surface area (TPSA) is 177 Å². The molecule has 12 heteroatoms. The van der Waals surface area contributed by atoms with Crippen LogP contribution in [0.4, 0.5) is 0 Å². The number of piperidine rings is 1. The number of allylic oxidation sites excluding steroid dienone is 3. The minimum absolute atomic E-state index is 0.0257. The quantitative estimate of drug-likeness (QED) is 0.109. The number of ketones is 1. The highest BCUT2D eigenvalue weighted by molar-refractivity contribution is 6.11. The van der Waals surface area contributed by atoms with Gasteiger partial charge in [-0.15, -0.1) is 0 Å². The molecule has 0 radical (unpaired) electrons. The summed E-state index contributed by atoms with van der Waals surface area (Å²) in [6.45, 7) is 4.43. The highest BCUT2D eigenvalue weighted by Crippen LogP contribution is 2.57. The van der Waals surface area contributed by atoms with Crippen LogP contribution in [0.2, 0.25) is 0 Å². The van der Waals surface area contributed by atoms with E-state index < -0.39 is 30.2 Å². The number of rotatable bonds is 11. The molecule has 3 aromatic rings. The lowest BCUT2D eigenvalue weighted by atomic mass is 9.75. The molecule has 12 nitrogen and oxygen atoms in total. The molecule has 7 rings (SSSR count). The maximum absolute atomic E-state index is 13.6. The molecule has 1 saturated carbocycles. The Balaban J connectivity index is 1.43. The van der Waals surface area contributed by atoms with Crippen LogP contribution in [0.15, 0.2) is 47.4 Å². The molecule has 3 aliphatic heterocycles.